The van der Waals surface area contributed by atoms with Gasteiger partial charge in [-0.3, -0.25) is 0 Å². The summed E-state index contributed by atoms with van der Waals surface area (Å²) in [5, 5.41) is 6.92. The van der Waals surface area contributed by atoms with Gasteiger partial charge in [0.15, 0.2) is 0 Å². The Balaban J connectivity index is 2.14. The predicted molar refractivity (Wildman–Crippen MR) is 124 cm³/mol. The summed E-state index contributed by atoms with van der Waals surface area (Å²) in [5.74, 6) is 15.0. The second-order valence-corrected chi connectivity index (χ2v) is 9.00. The zero-order valence-corrected chi connectivity index (χ0v) is 18.4. The summed E-state index contributed by atoms with van der Waals surface area (Å²) in [5.41, 5.74) is 2.40. The molecule has 0 aliphatic rings. The van der Waals surface area contributed by atoms with Crippen LogP contribution < -0.4 is 0 Å². The molecule has 0 nitrogen and oxygen atoms in total. The van der Waals surface area contributed by atoms with Crippen LogP contribution in [0, 0.1) is 35.5 Å². The maximum Gasteiger partial charge on any atom is 0.0518 e. The molecule has 0 amide bonds. The molecule has 0 N–H and O–H groups in total. The minimum absolute atomic E-state index is 0.428. The Labute approximate surface area is 172 Å². The van der Waals surface area contributed by atoms with Crippen molar-refractivity contribution in [1.29, 1.82) is 0 Å². The maximum absolute atomic E-state index is 3.59. The molecule has 0 aliphatic heterocycles. The third-order valence-corrected chi connectivity index (χ3v) is 7.04. The van der Waals surface area contributed by atoms with Gasteiger partial charge < -0.3 is 0 Å². The molecule has 0 radical (unpaired) electrons. The van der Waals surface area contributed by atoms with E-state index in [4.69, 9.17) is 0 Å². The van der Waals surface area contributed by atoms with Crippen LogP contribution in [0.25, 0.3) is 20.2 Å². The SMILES string of the molecule is CCCCC(C#Cc1c2ccsc2c(C#CC(C)CC)c2ccsc12)CC. The van der Waals surface area contributed by atoms with Crippen molar-refractivity contribution < 1.29 is 0 Å². The van der Waals surface area contributed by atoms with Crippen molar-refractivity contribution in [3.05, 3.63) is 34.0 Å². The molecular formula is C25H28S2. The molecule has 27 heavy (non-hydrogen) atoms. The Morgan fingerprint density at radius 2 is 1.44 bits per heavy atom. The molecule has 0 spiro atoms. The standard InChI is InChI=1S/C25H28S2/c1-5-8-9-19(7-3)11-13-21-23-15-17-26-24(23)20(12-10-18(4)6-2)22-14-16-27-25(21)22/h14-19H,5-9H2,1-4H3. The summed E-state index contributed by atoms with van der Waals surface area (Å²) in [4.78, 5) is 0. The highest BCUT2D eigenvalue weighted by Crippen LogP contribution is 2.38. The molecule has 140 valence electrons. The Bertz CT molecular complexity index is 975. The van der Waals surface area contributed by atoms with Crippen LogP contribution in [-0.2, 0) is 0 Å². The molecule has 3 aromatic rings. The molecule has 0 saturated carbocycles. The van der Waals surface area contributed by atoms with Gasteiger partial charge in [0, 0.05) is 22.6 Å². The Hall–Kier alpha value is -1.74. The molecule has 0 fully saturated rings. The van der Waals surface area contributed by atoms with Crippen LogP contribution in [0.1, 0.15) is 70.9 Å². The first-order valence-electron chi connectivity index (χ1n) is 10.1. The lowest BCUT2D eigenvalue weighted by Gasteiger charge is -2.07. The van der Waals surface area contributed by atoms with E-state index in [1.165, 1.54) is 50.6 Å². The Morgan fingerprint density at radius 3 is 1.96 bits per heavy atom. The third kappa shape index (κ3) is 4.40. The Morgan fingerprint density at radius 1 is 0.852 bits per heavy atom. The first-order chi connectivity index (χ1) is 13.2. The Kier molecular flexibility index (Phi) is 7.01. The molecule has 1 aromatic carbocycles. The van der Waals surface area contributed by atoms with E-state index < -0.39 is 0 Å². The number of rotatable bonds is 5. The zero-order valence-electron chi connectivity index (χ0n) is 16.8. The van der Waals surface area contributed by atoms with Gasteiger partial charge in [0.2, 0.25) is 0 Å². The van der Waals surface area contributed by atoms with Crippen LogP contribution in [0.15, 0.2) is 22.9 Å². The van der Waals surface area contributed by atoms with E-state index in [0.717, 1.165) is 12.8 Å². The second kappa shape index (κ2) is 9.45. The van der Waals surface area contributed by atoms with Crippen LogP contribution in [0.5, 0.6) is 0 Å². The first kappa shape index (κ1) is 20.0. The molecule has 0 aliphatic carbocycles. The molecule has 2 unspecified atom stereocenters. The quantitative estimate of drug-likeness (QED) is 0.385. The summed E-state index contributed by atoms with van der Waals surface area (Å²) in [6, 6.07) is 4.45. The van der Waals surface area contributed by atoms with Gasteiger partial charge in [-0.25, -0.2) is 0 Å². The van der Waals surface area contributed by atoms with E-state index in [1.54, 1.807) is 22.7 Å². The van der Waals surface area contributed by atoms with Crippen LogP contribution >= 0.6 is 22.7 Å². The average Bonchev–Trinajstić information content (AvgIpc) is 3.36. The topological polar surface area (TPSA) is 0 Å². The van der Waals surface area contributed by atoms with Crippen molar-refractivity contribution in [2.75, 3.05) is 0 Å². The number of benzene rings is 1. The minimum Gasteiger partial charge on any atom is -0.142 e. The molecule has 2 atom stereocenters. The lowest BCUT2D eigenvalue weighted by Crippen LogP contribution is -1.95. The summed E-state index contributed by atoms with van der Waals surface area (Å²) >= 11 is 3.59. The van der Waals surface area contributed by atoms with Gasteiger partial charge in [0.25, 0.3) is 0 Å². The maximum atomic E-state index is 3.59. The fourth-order valence-corrected chi connectivity index (χ4v) is 5.03. The normalized spacial score (nSPS) is 13.0. The third-order valence-electron chi connectivity index (χ3n) is 5.18. The molecule has 2 heterocycles. The molecule has 2 aromatic heterocycles. The lowest BCUT2D eigenvalue weighted by atomic mass is 9.98. The highest BCUT2D eigenvalue weighted by atomic mass is 32.1. The van der Waals surface area contributed by atoms with E-state index in [-0.39, 0.29) is 0 Å². The molecule has 3 rings (SSSR count). The fourth-order valence-electron chi connectivity index (χ4n) is 3.19. The monoisotopic (exact) mass is 392 g/mol. The van der Waals surface area contributed by atoms with Crippen molar-refractivity contribution in [2.45, 2.75) is 59.8 Å². The first-order valence-corrected chi connectivity index (χ1v) is 11.9. The van der Waals surface area contributed by atoms with Crippen LogP contribution in [0.4, 0.5) is 0 Å². The van der Waals surface area contributed by atoms with E-state index in [9.17, 15) is 0 Å². The highest BCUT2D eigenvalue weighted by Gasteiger charge is 2.14. The van der Waals surface area contributed by atoms with Gasteiger partial charge in [0.05, 0.1) is 20.5 Å². The number of unbranched alkanes of at least 4 members (excludes halogenated alkanes) is 1. The van der Waals surface area contributed by atoms with E-state index >= 15 is 0 Å². The molecule has 0 bridgehead atoms. The summed E-state index contributed by atoms with van der Waals surface area (Å²) in [6.07, 6.45) is 5.93. The molecule has 2 heteroatoms. The van der Waals surface area contributed by atoms with Gasteiger partial charge in [-0.1, -0.05) is 64.2 Å². The summed E-state index contributed by atoms with van der Waals surface area (Å²) < 4.78 is 2.59. The number of hydrogen-bond acceptors (Lipinski definition) is 2. The fraction of sp³-hybridized carbons (Fsp3) is 0.440. The van der Waals surface area contributed by atoms with E-state index in [1.807, 2.05) is 0 Å². The molecular weight excluding hydrogens is 364 g/mol. The van der Waals surface area contributed by atoms with Crippen LogP contribution in [-0.4, -0.2) is 0 Å². The van der Waals surface area contributed by atoms with Gasteiger partial charge in [-0.2, -0.15) is 0 Å². The van der Waals surface area contributed by atoms with Crippen molar-refractivity contribution in [3.8, 4) is 23.7 Å². The van der Waals surface area contributed by atoms with E-state index in [0.29, 0.717) is 11.8 Å². The van der Waals surface area contributed by atoms with Crippen LogP contribution in [0.3, 0.4) is 0 Å². The average molecular weight is 393 g/mol. The largest absolute Gasteiger partial charge is 0.142 e. The van der Waals surface area contributed by atoms with Gasteiger partial charge in [-0.15, -0.1) is 22.7 Å². The highest BCUT2D eigenvalue weighted by molar-refractivity contribution is 7.19. The molecule has 0 saturated heterocycles. The minimum atomic E-state index is 0.428. The number of thiophene rings is 2. The van der Waals surface area contributed by atoms with Crippen molar-refractivity contribution in [3.63, 3.8) is 0 Å². The predicted octanol–water partition coefficient (Wildman–Crippen LogP) is 8.08. The van der Waals surface area contributed by atoms with Crippen LogP contribution in [0.2, 0.25) is 0 Å². The van der Waals surface area contributed by atoms with Crippen molar-refractivity contribution >= 4 is 42.8 Å². The van der Waals surface area contributed by atoms with Crippen molar-refractivity contribution in [1.82, 2.24) is 0 Å². The van der Waals surface area contributed by atoms with Gasteiger partial charge in [-0.05, 0) is 42.2 Å². The summed E-state index contributed by atoms with van der Waals surface area (Å²) in [6.45, 7) is 8.90. The summed E-state index contributed by atoms with van der Waals surface area (Å²) in [7, 11) is 0. The second-order valence-electron chi connectivity index (χ2n) is 7.17. The van der Waals surface area contributed by atoms with E-state index in [2.05, 4.69) is 74.3 Å². The van der Waals surface area contributed by atoms with Crippen molar-refractivity contribution in [2.24, 2.45) is 11.8 Å². The number of fused-ring (bicyclic) bond motifs is 2. The van der Waals surface area contributed by atoms with Gasteiger partial charge in [0.1, 0.15) is 0 Å². The smallest absolute Gasteiger partial charge is 0.0518 e. The lowest BCUT2D eigenvalue weighted by molar-refractivity contribution is 0.556. The zero-order chi connectivity index (χ0) is 19.2. The van der Waals surface area contributed by atoms with Gasteiger partial charge >= 0.3 is 0 Å². The number of hydrogen-bond donors (Lipinski definition) is 0.